The highest BCUT2D eigenvalue weighted by atomic mass is 32.1. The van der Waals surface area contributed by atoms with E-state index >= 15 is 0 Å². The number of rotatable bonds is 6. The molecule has 2 rings (SSSR count). The van der Waals surface area contributed by atoms with E-state index in [2.05, 4.69) is 16.8 Å². The van der Waals surface area contributed by atoms with E-state index in [1.165, 1.54) is 0 Å². The maximum Gasteiger partial charge on any atom is 0.272 e. The Morgan fingerprint density at radius 2 is 2.24 bits per heavy atom. The van der Waals surface area contributed by atoms with Crippen LogP contribution < -0.4 is 0 Å². The van der Waals surface area contributed by atoms with Crippen LogP contribution in [0.2, 0.25) is 0 Å². The van der Waals surface area contributed by atoms with E-state index in [0.717, 1.165) is 22.7 Å². The Kier molecular flexibility index (Phi) is 5.03. The van der Waals surface area contributed by atoms with E-state index in [0.29, 0.717) is 12.5 Å². The lowest BCUT2D eigenvalue weighted by molar-refractivity contribution is -0.385. The summed E-state index contributed by atoms with van der Waals surface area (Å²) in [5, 5.41) is 14.1. The summed E-state index contributed by atoms with van der Waals surface area (Å²) in [7, 11) is 2.03. The van der Waals surface area contributed by atoms with Gasteiger partial charge >= 0.3 is 0 Å². The molecule has 1 aromatic carbocycles. The molecule has 1 atom stereocenters. The van der Waals surface area contributed by atoms with Crippen LogP contribution in [0.5, 0.6) is 0 Å². The minimum atomic E-state index is -0.322. The molecule has 0 fully saturated rings. The number of likely N-dealkylation sites (N-methyl/N-ethyl adjacent to an activating group) is 1. The molecule has 6 heteroatoms. The average molecular weight is 305 g/mol. The van der Waals surface area contributed by atoms with Crippen molar-refractivity contribution in [2.75, 3.05) is 13.6 Å². The van der Waals surface area contributed by atoms with Gasteiger partial charge in [0.25, 0.3) is 5.69 Å². The topological polar surface area (TPSA) is 59.3 Å². The summed E-state index contributed by atoms with van der Waals surface area (Å²) < 4.78 is 0. The summed E-state index contributed by atoms with van der Waals surface area (Å²) in [5.41, 5.74) is 1.93. The van der Waals surface area contributed by atoms with Crippen LogP contribution in [0, 0.1) is 17.0 Å². The van der Waals surface area contributed by atoms with Crippen molar-refractivity contribution < 1.29 is 4.92 Å². The molecule has 1 aromatic heterocycles. The van der Waals surface area contributed by atoms with Gasteiger partial charge in [-0.15, -0.1) is 11.3 Å². The van der Waals surface area contributed by atoms with Crippen molar-refractivity contribution in [1.29, 1.82) is 0 Å². The Bertz CT molecular complexity index is 613. The molecule has 2 aromatic rings. The number of nitrogens with zero attached hydrogens (tertiary/aromatic N) is 3. The molecule has 0 amide bonds. The number of benzene rings is 1. The number of hydrogen-bond acceptors (Lipinski definition) is 5. The predicted octanol–water partition coefficient (Wildman–Crippen LogP) is 3.60. The zero-order valence-electron chi connectivity index (χ0n) is 12.4. The van der Waals surface area contributed by atoms with Gasteiger partial charge in [-0.05, 0) is 19.5 Å². The first-order valence-electron chi connectivity index (χ1n) is 6.80. The SMILES string of the molecule is Cc1c(CN(C)C[C@@H](C)c2nccs2)cccc1[N+](=O)[O-]. The highest BCUT2D eigenvalue weighted by Crippen LogP contribution is 2.23. The lowest BCUT2D eigenvalue weighted by Gasteiger charge is -2.21. The van der Waals surface area contributed by atoms with E-state index in [-0.39, 0.29) is 10.6 Å². The molecule has 0 N–H and O–H groups in total. The molecule has 0 spiro atoms. The fraction of sp³-hybridized carbons (Fsp3) is 0.400. The second kappa shape index (κ2) is 6.78. The summed E-state index contributed by atoms with van der Waals surface area (Å²) >= 11 is 1.66. The highest BCUT2D eigenvalue weighted by molar-refractivity contribution is 7.09. The van der Waals surface area contributed by atoms with Gasteiger partial charge in [-0.25, -0.2) is 4.98 Å². The van der Waals surface area contributed by atoms with Crippen molar-refractivity contribution >= 4 is 17.0 Å². The molecule has 5 nitrogen and oxygen atoms in total. The minimum Gasteiger partial charge on any atom is -0.301 e. The van der Waals surface area contributed by atoms with Crippen LogP contribution in [0.3, 0.4) is 0 Å². The van der Waals surface area contributed by atoms with Crippen LogP contribution in [-0.2, 0) is 6.54 Å². The highest BCUT2D eigenvalue weighted by Gasteiger charge is 2.16. The van der Waals surface area contributed by atoms with Crippen molar-refractivity contribution in [3.05, 3.63) is 56.0 Å². The van der Waals surface area contributed by atoms with Crippen LogP contribution in [-0.4, -0.2) is 28.4 Å². The third-order valence-electron chi connectivity index (χ3n) is 3.51. The van der Waals surface area contributed by atoms with E-state index in [4.69, 9.17) is 0 Å². The molecule has 0 unspecified atom stereocenters. The second-order valence-electron chi connectivity index (χ2n) is 5.29. The van der Waals surface area contributed by atoms with E-state index in [9.17, 15) is 10.1 Å². The molecule has 112 valence electrons. The maximum absolute atomic E-state index is 11.0. The Balaban J connectivity index is 2.04. The largest absolute Gasteiger partial charge is 0.301 e. The van der Waals surface area contributed by atoms with Gasteiger partial charge in [0.15, 0.2) is 0 Å². The monoisotopic (exact) mass is 305 g/mol. The van der Waals surface area contributed by atoms with Crippen molar-refractivity contribution in [3.8, 4) is 0 Å². The van der Waals surface area contributed by atoms with E-state index in [1.807, 2.05) is 31.6 Å². The minimum absolute atomic E-state index is 0.189. The number of nitro benzene ring substituents is 1. The van der Waals surface area contributed by atoms with Gasteiger partial charge < -0.3 is 4.90 Å². The molecule has 0 aliphatic carbocycles. The van der Waals surface area contributed by atoms with E-state index in [1.54, 1.807) is 23.5 Å². The average Bonchev–Trinajstić information content (AvgIpc) is 2.94. The zero-order valence-corrected chi connectivity index (χ0v) is 13.3. The normalized spacial score (nSPS) is 12.6. The van der Waals surface area contributed by atoms with E-state index < -0.39 is 0 Å². The van der Waals surface area contributed by atoms with Gasteiger partial charge in [-0.2, -0.15) is 0 Å². The van der Waals surface area contributed by atoms with Gasteiger partial charge in [-0.3, -0.25) is 10.1 Å². The predicted molar refractivity (Wildman–Crippen MR) is 84.7 cm³/mol. The second-order valence-corrected chi connectivity index (χ2v) is 6.21. The van der Waals surface area contributed by atoms with Crippen molar-refractivity contribution in [2.24, 2.45) is 0 Å². The first kappa shape index (κ1) is 15.6. The van der Waals surface area contributed by atoms with Gasteiger partial charge in [0, 0.05) is 42.2 Å². The summed E-state index contributed by atoms with van der Waals surface area (Å²) in [6, 6.07) is 5.25. The fourth-order valence-corrected chi connectivity index (χ4v) is 3.11. The quantitative estimate of drug-likeness (QED) is 0.604. The van der Waals surface area contributed by atoms with Crippen LogP contribution >= 0.6 is 11.3 Å². The molecule has 1 heterocycles. The lowest BCUT2D eigenvalue weighted by Crippen LogP contribution is -2.23. The third-order valence-corrected chi connectivity index (χ3v) is 4.52. The lowest BCUT2D eigenvalue weighted by atomic mass is 10.1. The number of nitro groups is 1. The number of hydrogen-bond donors (Lipinski definition) is 0. The van der Waals surface area contributed by atoms with Crippen LogP contribution in [0.1, 0.15) is 29.0 Å². The molecule has 0 saturated heterocycles. The summed E-state index contributed by atoms with van der Waals surface area (Å²) in [6.07, 6.45) is 1.82. The molecule has 0 saturated carbocycles. The zero-order chi connectivity index (χ0) is 15.4. The summed E-state index contributed by atoms with van der Waals surface area (Å²) in [4.78, 5) is 17.2. The van der Waals surface area contributed by atoms with Gasteiger partial charge in [0.2, 0.25) is 0 Å². The van der Waals surface area contributed by atoms with Crippen molar-refractivity contribution in [2.45, 2.75) is 26.3 Å². The molecule has 0 aliphatic rings. The Labute approximate surface area is 128 Å². The maximum atomic E-state index is 11.0. The molecule has 0 aliphatic heterocycles. The smallest absolute Gasteiger partial charge is 0.272 e. The molecule has 0 bridgehead atoms. The molecular formula is C15H19N3O2S. The summed E-state index contributed by atoms with van der Waals surface area (Å²) in [6.45, 7) is 5.53. The van der Waals surface area contributed by atoms with Crippen LogP contribution in [0.25, 0.3) is 0 Å². The Morgan fingerprint density at radius 3 is 2.86 bits per heavy atom. The Hall–Kier alpha value is -1.79. The third kappa shape index (κ3) is 3.86. The summed E-state index contributed by atoms with van der Waals surface area (Å²) in [5.74, 6) is 0.356. The fourth-order valence-electron chi connectivity index (χ4n) is 2.42. The first-order chi connectivity index (χ1) is 9.99. The van der Waals surface area contributed by atoms with Gasteiger partial charge in [-0.1, -0.05) is 19.1 Å². The van der Waals surface area contributed by atoms with Crippen LogP contribution in [0.15, 0.2) is 29.8 Å². The molecular weight excluding hydrogens is 286 g/mol. The van der Waals surface area contributed by atoms with Crippen molar-refractivity contribution in [1.82, 2.24) is 9.88 Å². The van der Waals surface area contributed by atoms with Crippen molar-refractivity contribution in [3.63, 3.8) is 0 Å². The van der Waals surface area contributed by atoms with Gasteiger partial charge in [0.1, 0.15) is 0 Å². The number of aromatic nitrogens is 1. The first-order valence-corrected chi connectivity index (χ1v) is 7.67. The molecule has 21 heavy (non-hydrogen) atoms. The molecule has 0 radical (unpaired) electrons. The van der Waals surface area contributed by atoms with Gasteiger partial charge in [0.05, 0.1) is 9.93 Å². The Morgan fingerprint density at radius 1 is 1.48 bits per heavy atom. The number of thiazole rings is 1. The standard InChI is InChI=1S/C15H19N3O2S/c1-11(15-16-7-8-21-15)9-17(3)10-13-5-4-6-14(12(13)2)18(19)20/h4-8,11H,9-10H2,1-3H3/t11-/m1/s1. The van der Waals surface area contributed by atoms with Crippen LogP contribution in [0.4, 0.5) is 5.69 Å².